The Kier molecular flexibility index (Phi) is 9.62. The third-order valence-corrected chi connectivity index (χ3v) is 6.37. The zero-order valence-electron chi connectivity index (χ0n) is 17.3. The van der Waals surface area contributed by atoms with E-state index in [9.17, 15) is 14.7 Å². The highest BCUT2D eigenvalue weighted by Crippen LogP contribution is 2.44. The summed E-state index contributed by atoms with van der Waals surface area (Å²) in [6, 6.07) is -0.380. The minimum Gasteiger partial charge on any atom is -0.481 e. The predicted octanol–water partition coefficient (Wildman–Crippen LogP) is 3.67. The van der Waals surface area contributed by atoms with Crippen molar-refractivity contribution in [2.45, 2.75) is 79.2 Å². The number of nitrogens with two attached hydrogens (primary N) is 1. The number of hydrogen-bond acceptors (Lipinski definition) is 3. The van der Waals surface area contributed by atoms with Gasteiger partial charge in [-0.1, -0.05) is 47.5 Å². The number of rotatable bonds is 11. The van der Waals surface area contributed by atoms with Crippen LogP contribution in [-0.4, -0.2) is 29.6 Å². The first-order chi connectivity index (χ1) is 12.2. The molecule has 0 heterocycles. The number of nitrogens with one attached hydrogen (secondary N) is 1. The number of carbonyl (C=O) groups is 2. The molecule has 152 valence electrons. The van der Waals surface area contributed by atoms with E-state index in [-0.39, 0.29) is 29.7 Å². The van der Waals surface area contributed by atoms with Crippen molar-refractivity contribution in [2.24, 2.45) is 41.2 Å². The van der Waals surface area contributed by atoms with E-state index in [2.05, 4.69) is 33.0 Å². The zero-order chi connectivity index (χ0) is 19.9. The number of carboxylic acid groups (broad SMARTS) is 1. The molecule has 1 saturated carbocycles. The Labute approximate surface area is 159 Å². The predicted molar refractivity (Wildman–Crippen MR) is 106 cm³/mol. The van der Waals surface area contributed by atoms with E-state index in [1.165, 1.54) is 6.42 Å². The maximum Gasteiger partial charge on any atom is 0.307 e. The third-order valence-electron chi connectivity index (χ3n) is 6.37. The average Bonchev–Trinajstić information content (AvgIpc) is 2.54. The van der Waals surface area contributed by atoms with Crippen molar-refractivity contribution in [2.75, 3.05) is 6.54 Å². The standard InChI is InChI=1S/C21H40N2O3/c1-6-8-15(12-23-18(7-2)20(22)24)19(21(25)26)17-11-14(5)9-10-16(17)13(3)4/h13-19,23H,6-12H2,1-5H3,(H2,22,24)(H,25,26)/t14-,15?,16?,17-,18?,19?/m1/s1. The molecule has 0 aromatic carbocycles. The van der Waals surface area contributed by atoms with Gasteiger partial charge in [0.05, 0.1) is 12.0 Å². The Morgan fingerprint density at radius 1 is 1.19 bits per heavy atom. The van der Waals surface area contributed by atoms with E-state index >= 15 is 0 Å². The van der Waals surface area contributed by atoms with Crippen LogP contribution >= 0.6 is 0 Å². The van der Waals surface area contributed by atoms with Gasteiger partial charge in [-0.25, -0.2) is 0 Å². The monoisotopic (exact) mass is 368 g/mol. The number of primary amides is 1. The number of carboxylic acids is 1. The summed E-state index contributed by atoms with van der Waals surface area (Å²) in [5.41, 5.74) is 5.45. The first-order valence-corrected chi connectivity index (χ1v) is 10.5. The van der Waals surface area contributed by atoms with E-state index in [1.54, 1.807) is 0 Å². The number of aliphatic carboxylic acids is 1. The van der Waals surface area contributed by atoms with Gasteiger partial charge in [-0.15, -0.1) is 0 Å². The minimum atomic E-state index is -0.679. The Morgan fingerprint density at radius 2 is 1.85 bits per heavy atom. The van der Waals surface area contributed by atoms with Gasteiger partial charge in [-0.3, -0.25) is 9.59 Å². The summed E-state index contributed by atoms with van der Waals surface area (Å²) in [6.07, 6.45) is 5.74. The first-order valence-electron chi connectivity index (χ1n) is 10.5. The molecule has 0 radical (unpaired) electrons. The van der Waals surface area contributed by atoms with Crippen LogP contribution in [-0.2, 0) is 9.59 Å². The van der Waals surface area contributed by atoms with Crippen LogP contribution in [0.25, 0.3) is 0 Å². The Bertz CT molecular complexity index is 453. The molecule has 1 fully saturated rings. The Balaban J connectivity index is 3.02. The molecule has 1 aliphatic rings. The molecule has 0 spiro atoms. The fourth-order valence-electron chi connectivity index (χ4n) is 4.94. The van der Waals surface area contributed by atoms with Crippen LogP contribution in [0.4, 0.5) is 0 Å². The van der Waals surface area contributed by atoms with Gasteiger partial charge in [0.15, 0.2) is 0 Å². The normalized spacial score (nSPS) is 27.1. The van der Waals surface area contributed by atoms with Gasteiger partial charge in [0.2, 0.25) is 5.91 Å². The second-order valence-electron chi connectivity index (χ2n) is 8.67. The third kappa shape index (κ3) is 6.26. The molecule has 0 aromatic heterocycles. The summed E-state index contributed by atoms with van der Waals surface area (Å²) in [7, 11) is 0. The van der Waals surface area contributed by atoms with Crippen molar-refractivity contribution in [3.8, 4) is 0 Å². The molecule has 1 aliphatic carbocycles. The Morgan fingerprint density at radius 3 is 2.31 bits per heavy atom. The Hall–Kier alpha value is -1.10. The largest absolute Gasteiger partial charge is 0.481 e. The fourth-order valence-corrected chi connectivity index (χ4v) is 4.94. The molecular formula is C21H40N2O3. The lowest BCUT2D eigenvalue weighted by molar-refractivity contribution is -0.149. The van der Waals surface area contributed by atoms with E-state index in [1.807, 2.05) is 6.92 Å². The smallest absolute Gasteiger partial charge is 0.307 e. The quantitative estimate of drug-likeness (QED) is 0.519. The summed E-state index contributed by atoms with van der Waals surface area (Å²) in [6.45, 7) is 11.3. The molecule has 5 heteroatoms. The molecule has 1 amide bonds. The van der Waals surface area contributed by atoms with Gasteiger partial charge >= 0.3 is 5.97 Å². The summed E-state index contributed by atoms with van der Waals surface area (Å²) < 4.78 is 0. The van der Waals surface area contributed by atoms with Gasteiger partial charge in [-0.05, 0) is 61.8 Å². The molecule has 0 aromatic rings. The summed E-state index contributed by atoms with van der Waals surface area (Å²) in [4.78, 5) is 23.9. The van der Waals surface area contributed by atoms with Crippen LogP contribution in [0.1, 0.15) is 73.1 Å². The lowest BCUT2D eigenvalue weighted by Gasteiger charge is -2.43. The van der Waals surface area contributed by atoms with Crippen molar-refractivity contribution in [1.82, 2.24) is 5.32 Å². The highest BCUT2D eigenvalue weighted by Gasteiger charge is 2.42. The van der Waals surface area contributed by atoms with Gasteiger partial charge in [-0.2, -0.15) is 0 Å². The highest BCUT2D eigenvalue weighted by atomic mass is 16.4. The van der Waals surface area contributed by atoms with E-state index in [0.29, 0.717) is 30.7 Å². The average molecular weight is 369 g/mol. The molecule has 6 atom stereocenters. The summed E-state index contributed by atoms with van der Waals surface area (Å²) >= 11 is 0. The van der Waals surface area contributed by atoms with Crippen LogP contribution in [0.5, 0.6) is 0 Å². The van der Waals surface area contributed by atoms with Gasteiger partial charge < -0.3 is 16.2 Å². The maximum absolute atomic E-state index is 12.3. The molecular weight excluding hydrogens is 328 g/mol. The number of amides is 1. The topological polar surface area (TPSA) is 92.4 Å². The van der Waals surface area contributed by atoms with Gasteiger partial charge in [0.25, 0.3) is 0 Å². The van der Waals surface area contributed by atoms with Crippen molar-refractivity contribution >= 4 is 11.9 Å². The summed E-state index contributed by atoms with van der Waals surface area (Å²) in [5, 5.41) is 13.4. The van der Waals surface area contributed by atoms with Crippen LogP contribution < -0.4 is 11.1 Å². The van der Waals surface area contributed by atoms with Crippen LogP contribution in [0, 0.1) is 35.5 Å². The molecule has 0 saturated heterocycles. The molecule has 5 nitrogen and oxygen atoms in total. The van der Waals surface area contributed by atoms with Crippen LogP contribution in [0.2, 0.25) is 0 Å². The molecule has 4 N–H and O–H groups in total. The van der Waals surface area contributed by atoms with E-state index in [0.717, 1.165) is 25.7 Å². The lowest BCUT2D eigenvalue weighted by Crippen LogP contribution is -2.47. The second-order valence-corrected chi connectivity index (χ2v) is 8.67. The zero-order valence-corrected chi connectivity index (χ0v) is 17.3. The van der Waals surface area contributed by atoms with Crippen molar-refractivity contribution in [3.05, 3.63) is 0 Å². The van der Waals surface area contributed by atoms with Crippen molar-refractivity contribution in [3.63, 3.8) is 0 Å². The SMILES string of the molecule is CCCC(CNC(CC)C(N)=O)C(C(=O)O)[C@@H]1C[C@H](C)CCC1C(C)C. The van der Waals surface area contributed by atoms with Gasteiger partial charge in [0.1, 0.15) is 0 Å². The molecule has 0 bridgehead atoms. The van der Waals surface area contributed by atoms with E-state index < -0.39 is 5.97 Å². The van der Waals surface area contributed by atoms with Crippen molar-refractivity contribution < 1.29 is 14.7 Å². The first kappa shape index (κ1) is 22.9. The lowest BCUT2D eigenvalue weighted by atomic mass is 9.62. The summed E-state index contributed by atoms with van der Waals surface area (Å²) in [5.74, 6) is 0.390. The maximum atomic E-state index is 12.3. The second kappa shape index (κ2) is 10.9. The molecule has 1 rings (SSSR count). The molecule has 4 unspecified atom stereocenters. The minimum absolute atomic E-state index is 0.0300. The molecule has 0 aliphatic heterocycles. The molecule has 26 heavy (non-hydrogen) atoms. The number of hydrogen-bond donors (Lipinski definition) is 3. The number of carbonyl (C=O) groups excluding carboxylic acids is 1. The van der Waals surface area contributed by atoms with Crippen molar-refractivity contribution in [1.29, 1.82) is 0 Å². The van der Waals surface area contributed by atoms with E-state index in [4.69, 9.17) is 5.73 Å². The van der Waals surface area contributed by atoms with Gasteiger partial charge in [0, 0.05) is 0 Å². The van der Waals surface area contributed by atoms with Crippen LogP contribution in [0.15, 0.2) is 0 Å². The van der Waals surface area contributed by atoms with Crippen LogP contribution in [0.3, 0.4) is 0 Å². The highest BCUT2D eigenvalue weighted by molar-refractivity contribution is 5.79. The fraction of sp³-hybridized carbons (Fsp3) is 0.905.